The molecule has 0 aliphatic carbocycles. The van der Waals surface area contributed by atoms with Crippen molar-refractivity contribution in [3.63, 3.8) is 0 Å². The summed E-state index contributed by atoms with van der Waals surface area (Å²) in [6.45, 7) is 17.9. The lowest BCUT2D eigenvalue weighted by Crippen LogP contribution is -2.45. The third-order valence-corrected chi connectivity index (χ3v) is 3.07. The van der Waals surface area contributed by atoms with Crippen LogP contribution in [0.2, 0.25) is 0 Å². The van der Waals surface area contributed by atoms with E-state index in [-0.39, 0.29) is 0 Å². The van der Waals surface area contributed by atoms with Gasteiger partial charge in [0.2, 0.25) is 0 Å². The van der Waals surface area contributed by atoms with Crippen molar-refractivity contribution in [1.29, 1.82) is 0 Å². The molecule has 1 aliphatic rings. The van der Waals surface area contributed by atoms with E-state index in [9.17, 15) is 4.79 Å². The van der Waals surface area contributed by atoms with Crippen LogP contribution in [-0.2, 0) is 9.53 Å². The third kappa shape index (κ3) is 17.3. The van der Waals surface area contributed by atoms with Crippen molar-refractivity contribution in [2.75, 3.05) is 53.5 Å². The zero-order chi connectivity index (χ0) is 16.7. The van der Waals surface area contributed by atoms with E-state index in [1.165, 1.54) is 39.1 Å². The van der Waals surface area contributed by atoms with Crippen LogP contribution >= 0.6 is 0 Å². The van der Waals surface area contributed by atoms with E-state index in [4.69, 9.17) is 0 Å². The van der Waals surface area contributed by atoms with E-state index in [1.54, 1.807) is 7.05 Å². The molecule has 0 saturated carbocycles. The van der Waals surface area contributed by atoms with Crippen molar-refractivity contribution in [3.8, 4) is 0 Å². The lowest BCUT2D eigenvalue weighted by atomic mass is 9.92. The van der Waals surface area contributed by atoms with E-state index in [0.29, 0.717) is 18.6 Å². The molecule has 0 bridgehead atoms. The van der Waals surface area contributed by atoms with Crippen molar-refractivity contribution in [2.45, 2.75) is 41.0 Å². The SMILES string of the molecule is CC.CN1CCN(CCC(C)(C)C)CC1.CNCOC=O. The number of nitrogens with zero attached hydrogens (tertiary/aromatic N) is 2. The van der Waals surface area contributed by atoms with Crippen LogP contribution in [0.4, 0.5) is 0 Å². The molecule has 0 amide bonds. The minimum Gasteiger partial charge on any atom is -0.452 e. The zero-order valence-corrected chi connectivity index (χ0v) is 15.2. The molecule has 1 N–H and O–H groups in total. The third-order valence-electron chi connectivity index (χ3n) is 3.07. The number of piperazine rings is 1. The maximum atomic E-state index is 9.30. The Bertz CT molecular complexity index is 222. The van der Waals surface area contributed by atoms with Gasteiger partial charge in [0, 0.05) is 26.2 Å². The van der Waals surface area contributed by atoms with Gasteiger partial charge in [0.1, 0.15) is 6.73 Å². The summed E-state index contributed by atoms with van der Waals surface area (Å²) in [6.07, 6.45) is 1.32. The van der Waals surface area contributed by atoms with Crippen molar-refractivity contribution in [1.82, 2.24) is 15.1 Å². The van der Waals surface area contributed by atoms with E-state index < -0.39 is 0 Å². The highest BCUT2D eigenvalue weighted by Gasteiger charge is 2.16. The molecular weight excluding hydrogens is 266 g/mol. The fourth-order valence-corrected chi connectivity index (χ4v) is 1.68. The van der Waals surface area contributed by atoms with Crippen LogP contribution in [0.15, 0.2) is 0 Å². The minimum atomic E-state index is 0.295. The molecule has 1 aliphatic heterocycles. The molecule has 21 heavy (non-hydrogen) atoms. The fraction of sp³-hybridized carbons (Fsp3) is 0.938. The summed E-state index contributed by atoms with van der Waals surface area (Å²) in [5.41, 5.74) is 0.489. The van der Waals surface area contributed by atoms with Gasteiger partial charge >= 0.3 is 0 Å². The molecule has 0 unspecified atom stereocenters. The van der Waals surface area contributed by atoms with Gasteiger partial charge in [-0.05, 0) is 32.5 Å². The van der Waals surface area contributed by atoms with Gasteiger partial charge in [-0.1, -0.05) is 34.6 Å². The normalized spacial score (nSPS) is 16.1. The summed E-state index contributed by atoms with van der Waals surface area (Å²) in [5, 5.41) is 2.62. The number of nitrogens with one attached hydrogen (secondary N) is 1. The molecule has 1 saturated heterocycles. The predicted molar refractivity (Wildman–Crippen MR) is 90.4 cm³/mol. The highest BCUT2D eigenvalue weighted by atomic mass is 16.5. The van der Waals surface area contributed by atoms with Gasteiger partial charge in [-0.25, -0.2) is 0 Å². The quantitative estimate of drug-likeness (QED) is 0.478. The number of likely N-dealkylation sites (N-methyl/N-ethyl adjacent to an activating group) is 1. The smallest absolute Gasteiger partial charge is 0.294 e. The van der Waals surface area contributed by atoms with Gasteiger partial charge in [-0.2, -0.15) is 0 Å². The maximum absolute atomic E-state index is 9.30. The van der Waals surface area contributed by atoms with Crippen LogP contribution in [0.5, 0.6) is 0 Å². The number of rotatable bonds is 5. The Morgan fingerprint density at radius 3 is 2.00 bits per heavy atom. The fourth-order valence-electron chi connectivity index (χ4n) is 1.68. The van der Waals surface area contributed by atoms with Gasteiger partial charge in [0.05, 0.1) is 0 Å². The van der Waals surface area contributed by atoms with Crippen LogP contribution in [0.1, 0.15) is 41.0 Å². The molecule has 5 heteroatoms. The lowest BCUT2D eigenvalue weighted by Gasteiger charge is -2.33. The van der Waals surface area contributed by atoms with Crippen molar-refractivity contribution < 1.29 is 9.53 Å². The number of hydrogen-bond acceptors (Lipinski definition) is 5. The van der Waals surface area contributed by atoms with Gasteiger partial charge in [-0.3, -0.25) is 10.1 Å². The number of ether oxygens (including phenoxy) is 1. The highest BCUT2D eigenvalue weighted by molar-refractivity contribution is 5.36. The Hall–Kier alpha value is -0.650. The Balaban J connectivity index is 0. The molecule has 0 aromatic carbocycles. The first-order chi connectivity index (χ1) is 9.89. The van der Waals surface area contributed by atoms with E-state index in [1.807, 2.05) is 13.8 Å². The Kier molecular flexibility index (Phi) is 15.4. The number of hydrogen-bond donors (Lipinski definition) is 1. The Labute approximate surface area is 132 Å². The molecular formula is C16H37N3O2. The molecule has 5 nitrogen and oxygen atoms in total. The maximum Gasteiger partial charge on any atom is 0.294 e. The standard InChI is InChI=1S/C11H24N2.C3H7NO2.C2H6/c1-11(2,3)5-6-13-9-7-12(4)8-10-13;1-4-2-6-3-5;1-2/h5-10H2,1-4H3;3-4H,2H2,1H3;1-2H3. The minimum absolute atomic E-state index is 0.295. The van der Waals surface area contributed by atoms with E-state index >= 15 is 0 Å². The van der Waals surface area contributed by atoms with Gasteiger partial charge in [0.15, 0.2) is 0 Å². The van der Waals surface area contributed by atoms with Crippen LogP contribution in [0.25, 0.3) is 0 Å². The summed E-state index contributed by atoms with van der Waals surface area (Å²) in [5.74, 6) is 0. The van der Waals surface area contributed by atoms with Gasteiger partial charge in [0.25, 0.3) is 6.47 Å². The molecule has 1 rings (SSSR count). The first kappa shape index (κ1) is 22.6. The summed E-state index contributed by atoms with van der Waals surface area (Å²) in [6, 6.07) is 0. The van der Waals surface area contributed by atoms with Crippen molar-refractivity contribution in [3.05, 3.63) is 0 Å². The summed E-state index contributed by atoms with van der Waals surface area (Å²) in [4.78, 5) is 14.3. The molecule has 0 aromatic rings. The van der Waals surface area contributed by atoms with Gasteiger partial charge in [-0.15, -0.1) is 0 Å². The first-order valence-corrected chi connectivity index (χ1v) is 8.00. The average Bonchev–Trinajstić information content (AvgIpc) is 2.46. The summed E-state index contributed by atoms with van der Waals surface area (Å²) < 4.78 is 4.19. The lowest BCUT2D eigenvalue weighted by molar-refractivity contribution is -0.129. The second-order valence-corrected chi connectivity index (χ2v) is 6.22. The van der Waals surface area contributed by atoms with Crippen LogP contribution in [-0.4, -0.2) is 69.8 Å². The average molecular weight is 303 g/mol. The Morgan fingerprint density at radius 2 is 1.67 bits per heavy atom. The van der Waals surface area contributed by atoms with Crippen LogP contribution in [0.3, 0.4) is 0 Å². The van der Waals surface area contributed by atoms with E-state index in [0.717, 1.165) is 0 Å². The predicted octanol–water partition coefficient (Wildman–Crippen LogP) is 2.03. The number of carbonyl (C=O) groups is 1. The summed E-state index contributed by atoms with van der Waals surface area (Å²) >= 11 is 0. The van der Waals surface area contributed by atoms with Crippen molar-refractivity contribution in [2.24, 2.45) is 5.41 Å². The summed E-state index contributed by atoms with van der Waals surface area (Å²) in [7, 11) is 3.91. The topological polar surface area (TPSA) is 44.8 Å². The molecule has 0 radical (unpaired) electrons. The van der Waals surface area contributed by atoms with Gasteiger partial charge < -0.3 is 14.5 Å². The monoisotopic (exact) mass is 303 g/mol. The molecule has 1 fully saturated rings. The Morgan fingerprint density at radius 1 is 1.14 bits per heavy atom. The largest absolute Gasteiger partial charge is 0.452 e. The second-order valence-electron chi connectivity index (χ2n) is 6.22. The molecule has 0 atom stereocenters. The molecule has 0 spiro atoms. The highest BCUT2D eigenvalue weighted by Crippen LogP contribution is 2.19. The molecule has 128 valence electrons. The van der Waals surface area contributed by atoms with Crippen LogP contribution < -0.4 is 5.32 Å². The van der Waals surface area contributed by atoms with Crippen molar-refractivity contribution >= 4 is 6.47 Å². The van der Waals surface area contributed by atoms with E-state index in [2.05, 4.69) is 47.7 Å². The second kappa shape index (κ2) is 14.3. The molecule has 1 heterocycles. The zero-order valence-electron chi connectivity index (χ0n) is 15.2. The first-order valence-electron chi connectivity index (χ1n) is 8.00. The number of carbonyl (C=O) groups excluding carboxylic acids is 1. The molecule has 0 aromatic heterocycles. The van der Waals surface area contributed by atoms with Crippen LogP contribution in [0, 0.1) is 5.41 Å².